The van der Waals surface area contributed by atoms with Crippen LogP contribution in [0.4, 0.5) is 0 Å². The van der Waals surface area contributed by atoms with Gasteiger partial charge in [-0.05, 0) is 44.9 Å². The number of carbonyl (C=O) groups excluding carboxylic acids is 1. The number of unbranched alkanes of at least 4 members (excludes halogenated alkanes) is 15. The molecule has 1 fully saturated rings. The molecule has 49 heavy (non-hydrogen) atoms. The molecular weight excluding hydrogens is 626 g/mol. The van der Waals surface area contributed by atoms with E-state index in [9.17, 15) is 35.4 Å². The van der Waals surface area contributed by atoms with Gasteiger partial charge in [-0.2, -0.15) is 0 Å². The van der Waals surface area contributed by atoms with E-state index in [2.05, 4.69) is 43.5 Å². The fourth-order valence-electron chi connectivity index (χ4n) is 5.78. The van der Waals surface area contributed by atoms with Gasteiger partial charge < -0.3 is 45.4 Å². The third-order valence-corrected chi connectivity index (χ3v) is 9.05. The molecule has 0 aromatic heterocycles. The Morgan fingerprint density at radius 1 is 0.694 bits per heavy atom. The molecule has 0 aliphatic carbocycles. The van der Waals surface area contributed by atoms with Gasteiger partial charge in [-0.1, -0.05) is 134 Å². The number of aliphatic hydroxyl groups is 6. The number of rotatable bonds is 30. The Morgan fingerprint density at radius 2 is 1.20 bits per heavy atom. The van der Waals surface area contributed by atoms with Crippen LogP contribution in [0.25, 0.3) is 0 Å². The average Bonchev–Trinajstić information content (AvgIpc) is 3.10. The van der Waals surface area contributed by atoms with Crippen molar-refractivity contribution in [3.8, 4) is 0 Å². The molecular formula is C39H71NO9. The van der Waals surface area contributed by atoms with Gasteiger partial charge in [-0.15, -0.1) is 0 Å². The van der Waals surface area contributed by atoms with Gasteiger partial charge in [0.1, 0.15) is 30.5 Å². The normalized spacial score (nSPS) is 23.5. The van der Waals surface area contributed by atoms with Gasteiger partial charge in [0.05, 0.1) is 25.4 Å². The quantitative estimate of drug-likeness (QED) is 0.0378. The molecule has 8 atom stereocenters. The first-order valence-electron chi connectivity index (χ1n) is 19.3. The maximum atomic E-state index is 12.9. The predicted octanol–water partition coefficient (Wildman–Crippen LogP) is 5.52. The summed E-state index contributed by atoms with van der Waals surface area (Å²) in [6.07, 6.45) is 23.8. The lowest BCUT2D eigenvalue weighted by molar-refractivity contribution is -0.302. The van der Waals surface area contributed by atoms with Crippen LogP contribution in [0.3, 0.4) is 0 Å². The van der Waals surface area contributed by atoms with Gasteiger partial charge in [0, 0.05) is 0 Å². The van der Waals surface area contributed by atoms with Crippen LogP contribution in [-0.2, 0) is 14.3 Å². The second-order valence-corrected chi connectivity index (χ2v) is 13.5. The van der Waals surface area contributed by atoms with Gasteiger partial charge in [0.25, 0.3) is 0 Å². The highest BCUT2D eigenvalue weighted by Crippen LogP contribution is 2.22. The molecule has 1 aliphatic heterocycles. The minimum absolute atomic E-state index is 0.302. The third kappa shape index (κ3) is 21.4. The number of allylic oxidation sites excluding steroid dienone is 5. The van der Waals surface area contributed by atoms with Crippen LogP contribution in [0.1, 0.15) is 142 Å². The molecule has 8 unspecified atom stereocenters. The van der Waals surface area contributed by atoms with Gasteiger partial charge in [-0.3, -0.25) is 4.79 Å². The number of ether oxygens (including phenoxy) is 2. The molecule has 286 valence electrons. The molecule has 0 saturated carbocycles. The van der Waals surface area contributed by atoms with Crippen molar-refractivity contribution in [1.82, 2.24) is 5.32 Å². The predicted molar refractivity (Wildman–Crippen MR) is 195 cm³/mol. The van der Waals surface area contributed by atoms with Crippen molar-refractivity contribution in [2.45, 2.75) is 191 Å². The molecule has 1 amide bonds. The van der Waals surface area contributed by atoms with Crippen LogP contribution in [0.2, 0.25) is 0 Å². The monoisotopic (exact) mass is 698 g/mol. The summed E-state index contributed by atoms with van der Waals surface area (Å²) in [5.74, 6) is -0.635. The minimum atomic E-state index is -1.61. The topological polar surface area (TPSA) is 169 Å². The second kappa shape index (κ2) is 30.0. The SMILES string of the molecule is CCCCC/C=C/CC/C=C/CC/C=C/C(O)C(COC1OC(CO)C(O)C(O)C1O)NC(=O)C(O)CCCCCCCCCCCCC. The largest absolute Gasteiger partial charge is 0.394 e. The summed E-state index contributed by atoms with van der Waals surface area (Å²) >= 11 is 0. The van der Waals surface area contributed by atoms with E-state index in [0.717, 1.165) is 44.9 Å². The molecule has 0 spiro atoms. The Kier molecular flexibility index (Phi) is 27.8. The lowest BCUT2D eigenvalue weighted by Gasteiger charge is -2.40. The van der Waals surface area contributed by atoms with Crippen LogP contribution >= 0.6 is 0 Å². The van der Waals surface area contributed by atoms with E-state index in [1.54, 1.807) is 6.08 Å². The molecule has 0 radical (unpaired) electrons. The molecule has 10 heteroatoms. The molecule has 10 nitrogen and oxygen atoms in total. The average molecular weight is 698 g/mol. The molecule has 7 N–H and O–H groups in total. The van der Waals surface area contributed by atoms with Crippen molar-refractivity contribution in [3.05, 3.63) is 36.5 Å². The number of nitrogens with one attached hydrogen (secondary N) is 1. The first-order chi connectivity index (χ1) is 23.8. The number of amides is 1. The highest BCUT2D eigenvalue weighted by molar-refractivity contribution is 5.80. The maximum absolute atomic E-state index is 12.9. The summed E-state index contributed by atoms with van der Waals surface area (Å²) in [5.41, 5.74) is 0. The lowest BCUT2D eigenvalue weighted by Crippen LogP contribution is -2.60. The van der Waals surface area contributed by atoms with E-state index in [0.29, 0.717) is 19.3 Å². The molecule has 1 heterocycles. The van der Waals surface area contributed by atoms with Crippen LogP contribution in [0.5, 0.6) is 0 Å². The van der Waals surface area contributed by atoms with Gasteiger partial charge in [0.15, 0.2) is 6.29 Å². The molecule has 0 aromatic carbocycles. The van der Waals surface area contributed by atoms with Crippen molar-refractivity contribution in [2.24, 2.45) is 0 Å². The number of aliphatic hydroxyl groups excluding tert-OH is 6. The number of carbonyl (C=O) groups is 1. The Bertz CT molecular complexity index is 881. The summed E-state index contributed by atoms with van der Waals surface area (Å²) in [6, 6.07) is -0.997. The zero-order valence-corrected chi connectivity index (χ0v) is 30.5. The zero-order valence-electron chi connectivity index (χ0n) is 30.5. The highest BCUT2D eigenvalue weighted by Gasteiger charge is 2.44. The van der Waals surface area contributed by atoms with E-state index < -0.39 is 61.5 Å². The summed E-state index contributed by atoms with van der Waals surface area (Å²) in [4.78, 5) is 12.9. The fourth-order valence-corrected chi connectivity index (χ4v) is 5.78. The zero-order chi connectivity index (χ0) is 36.1. The molecule has 0 bridgehead atoms. The summed E-state index contributed by atoms with van der Waals surface area (Å²) in [5, 5.41) is 64.2. The molecule has 1 saturated heterocycles. The standard InChI is InChI=1S/C39H71NO9/c1-3-5-7-9-11-13-15-16-18-19-21-23-25-27-32(42)31(30-48-39-37(46)36(45)35(44)34(29-41)49-39)40-38(47)33(43)28-26-24-22-20-17-14-12-10-8-6-4-2/h11,13,18-19,25,27,31-37,39,41-46H,3-10,12,14-17,20-24,26,28-30H2,1-2H3,(H,40,47)/b13-11+,19-18+,27-25+. The fraction of sp³-hybridized carbons (Fsp3) is 0.821. The Labute approximate surface area is 296 Å². The number of hydrogen-bond donors (Lipinski definition) is 7. The van der Waals surface area contributed by atoms with E-state index >= 15 is 0 Å². The molecule has 1 aliphatic rings. The smallest absolute Gasteiger partial charge is 0.249 e. The summed E-state index contributed by atoms with van der Waals surface area (Å²) in [6.45, 7) is 3.50. The summed E-state index contributed by atoms with van der Waals surface area (Å²) < 4.78 is 11.1. The van der Waals surface area contributed by atoms with Crippen molar-refractivity contribution >= 4 is 5.91 Å². The highest BCUT2D eigenvalue weighted by atomic mass is 16.7. The van der Waals surface area contributed by atoms with Crippen LogP contribution in [0, 0.1) is 0 Å². The Hall–Kier alpha value is -1.63. The van der Waals surface area contributed by atoms with Crippen LogP contribution < -0.4 is 5.32 Å². The minimum Gasteiger partial charge on any atom is -0.394 e. The van der Waals surface area contributed by atoms with Crippen molar-refractivity contribution < 1.29 is 44.9 Å². The Morgan fingerprint density at radius 3 is 1.78 bits per heavy atom. The second-order valence-electron chi connectivity index (χ2n) is 13.5. The molecule has 0 aromatic rings. The van der Waals surface area contributed by atoms with Gasteiger partial charge in [0.2, 0.25) is 5.91 Å². The third-order valence-electron chi connectivity index (χ3n) is 9.05. The maximum Gasteiger partial charge on any atom is 0.249 e. The summed E-state index contributed by atoms with van der Waals surface area (Å²) in [7, 11) is 0. The van der Waals surface area contributed by atoms with E-state index in [1.807, 2.05) is 6.08 Å². The van der Waals surface area contributed by atoms with Gasteiger partial charge >= 0.3 is 0 Å². The van der Waals surface area contributed by atoms with E-state index in [4.69, 9.17) is 9.47 Å². The van der Waals surface area contributed by atoms with Crippen molar-refractivity contribution in [3.63, 3.8) is 0 Å². The van der Waals surface area contributed by atoms with E-state index in [1.165, 1.54) is 64.2 Å². The lowest BCUT2D eigenvalue weighted by atomic mass is 9.99. The van der Waals surface area contributed by atoms with Gasteiger partial charge in [-0.25, -0.2) is 0 Å². The van der Waals surface area contributed by atoms with Crippen LogP contribution in [-0.4, -0.2) is 98.7 Å². The Balaban J connectivity index is 2.58. The number of hydrogen-bond acceptors (Lipinski definition) is 9. The first kappa shape index (κ1) is 45.4. The van der Waals surface area contributed by atoms with E-state index in [-0.39, 0.29) is 6.61 Å². The molecule has 1 rings (SSSR count). The first-order valence-corrected chi connectivity index (χ1v) is 19.3. The van der Waals surface area contributed by atoms with Crippen molar-refractivity contribution in [2.75, 3.05) is 13.2 Å². The van der Waals surface area contributed by atoms with Crippen LogP contribution in [0.15, 0.2) is 36.5 Å². The van der Waals surface area contributed by atoms with Crippen molar-refractivity contribution in [1.29, 1.82) is 0 Å².